The second-order valence-corrected chi connectivity index (χ2v) is 5.40. The Morgan fingerprint density at radius 2 is 1.95 bits per heavy atom. The van der Waals surface area contributed by atoms with Crippen molar-refractivity contribution in [2.24, 2.45) is 5.92 Å². The van der Waals surface area contributed by atoms with Crippen LogP contribution in [0.2, 0.25) is 0 Å². The molecule has 0 saturated carbocycles. The molecule has 0 heterocycles. The van der Waals surface area contributed by atoms with Gasteiger partial charge in [-0.2, -0.15) is 0 Å². The summed E-state index contributed by atoms with van der Waals surface area (Å²) in [4.78, 5) is 0. The van der Waals surface area contributed by atoms with Gasteiger partial charge in [0.2, 0.25) is 0 Å². The van der Waals surface area contributed by atoms with Crippen LogP contribution in [0, 0.1) is 24.5 Å². The van der Waals surface area contributed by atoms with Gasteiger partial charge in [0.05, 0.1) is 0 Å². The van der Waals surface area contributed by atoms with E-state index in [0.717, 1.165) is 13.0 Å². The summed E-state index contributed by atoms with van der Waals surface area (Å²) in [5, 5.41) is 3.30. The van der Waals surface area contributed by atoms with E-state index in [1.807, 2.05) is 6.92 Å². The second kappa shape index (κ2) is 8.32. The second-order valence-electron chi connectivity index (χ2n) is 5.40. The summed E-state index contributed by atoms with van der Waals surface area (Å²) in [5.74, 6) is -1.20. The summed E-state index contributed by atoms with van der Waals surface area (Å²) >= 11 is 0. The Hall–Kier alpha value is -1.00. The SMILES string of the molecule is CCCNC(CC(C)COC)c1ccc(C)c(F)c1F. The molecule has 114 valence electrons. The number of hydrogen-bond donors (Lipinski definition) is 1. The maximum Gasteiger partial charge on any atom is 0.163 e. The predicted octanol–water partition coefficient (Wildman–Crippen LogP) is 3.99. The molecule has 2 unspecified atom stereocenters. The molecule has 0 aromatic heterocycles. The minimum Gasteiger partial charge on any atom is -0.384 e. The van der Waals surface area contributed by atoms with Gasteiger partial charge in [-0.15, -0.1) is 0 Å². The number of aryl methyl sites for hydroxylation is 1. The van der Waals surface area contributed by atoms with Crippen LogP contribution in [0.3, 0.4) is 0 Å². The van der Waals surface area contributed by atoms with Crippen molar-refractivity contribution >= 4 is 0 Å². The molecule has 1 aromatic carbocycles. The van der Waals surface area contributed by atoms with Crippen molar-refractivity contribution in [2.75, 3.05) is 20.3 Å². The van der Waals surface area contributed by atoms with Crippen LogP contribution in [0.4, 0.5) is 8.78 Å². The number of benzene rings is 1. The quantitative estimate of drug-likeness (QED) is 0.780. The van der Waals surface area contributed by atoms with Crippen molar-refractivity contribution < 1.29 is 13.5 Å². The molecule has 0 aliphatic carbocycles. The molecule has 0 saturated heterocycles. The van der Waals surface area contributed by atoms with Crippen LogP contribution >= 0.6 is 0 Å². The molecule has 4 heteroatoms. The molecule has 0 aliphatic heterocycles. The van der Waals surface area contributed by atoms with Gasteiger partial charge in [-0.1, -0.05) is 26.0 Å². The Balaban J connectivity index is 2.95. The molecule has 0 spiro atoms. The van der Waals surface area contributed by atoms with Gasteiger partial charge in [0.15, 0.2) is 11.6 Å². The molecule has 0 fully saturated rings. The molecule has 2 nitrogen and oxygen atoms in total. The summed E-state index contributed by atoms with van der Waals surface area (Å²) in [6, 6.07) is 3.13. The zero-order valence-corrected chi connectivity index (χ0v) is 12.8. The number of hydrogen-bond acceptors (Lipinski definition) is 2. The maximum atomic E-state index is 14.1. The van der Waals surface area contributed by atoms with Crippen LogP contribution in [0.5, 0.6) is 0 Å². The highest BCUT2D eigenvalue weighted by molar-refractivity contribution is 5.28. The molecule has 1 N–H and O–H groups in total. The third kappa shape index (κ3) is 4.53. The summed E-state index contributed by atoms with van der Waals surface area (Å²) in [6.07, 6.45) is 1.67. The molecular formula is C16H25F2NO. The van der Waals surface area contributed by atoms with Crippen molar-refractivity contribution in [3.8, 4) is 0 Å². The number of nitrogens with one attached hydrogen (secondary N) is 1. The summed E-state index contributed by atoms with van der Waals surface area (Å²) < 4.78 is 33.0. The van der Waals surface area contributed by atoms with Crippen molar-refractivity contribution in [2.45, 2.75) is 39.7 Å². The Labute approximate surface area is 120 Å². The first kappa shape index (κ1) is 17.1. The lowest BCUT2D eigenvalue weighted by atomic mass is 9.94. The van der Waals surface area contributed by atoms with Gasteiger partial charge in [0, 0.05) is 25.3 Å². The van der Waals surface area contributed by atoms with Crippen LogP contribution in [0.1, 0.15) is 43.9 Å². The van der Waals surface area contributed by atoms with E-state index in [1.54, 1.807) is 26.2 Å². The van der Waals surface area contributed by atoms with Crippen LogP contribution < -0.4 is 5.32 Å². The van der Waals surface area contributed by atoms with Crippen LogP contribution in [-0.4, -0.2) is 20.3 Å². The van der Waals surface area contributed by atoms with Gasteiger partial charge in [-0.3, -0.25) is 0 Å². The van der Waals surface area contributed by atoms with Gasteiger partial charge in [0.25, 0.3) is 0 Å². The molecule has 20 heavy (non-hydrogen) atoms. The largest absolute Gasteiger partial charge is 0.384 e. The average molecular weight is 285 g/mol. The van der Waals surface area contributed by atoms with Crippen molar-refractivity contribution in [1.29, 1.82) is 0 Å². The molecule has 1 rings (SSSR count). The van der Waals surface area contributed by atoms with Gasteiger partial charge in [-0.05, 0) is 37.8 Å². The minimum absolute atomic E-state index is 0.185. The third-order valence-corrected chi connectivity index (χ3v) is 3.41. The third-order valence-electron chi connectivity index (χ3n) is 3.41. The molecule has 0 amide bonds. The molecular weight excluding hydrogens is 260 g/mol. The fourth-order valence-electron chi connectivity index (χ4n) is 2.32. The van der Waals surface area contributed by atoms with Gasteiger partial charge in [-0.25, -0.2) is 8.78 Å². The smallest absolute Gasteiger partial charge is 0.163 e. The van der Waals surface area contributed by atoms with Crippen molar-refractivity contribution in [3.05, 3.63) is 34.9 Å². The van der Waals surface area contributed by atoms with E-state index in [1.165, 1.54) is 0 Å². The molecule has 0 aliphatic rings. The Kier molecular flexibility index (Phi) is 7.10. The first-order valence-corrected chi connectivity index (χ1v) is 7.18. The predicted molar refractivity (Wildman–Crippen MR) is 77.8 cm³/mol. The number of halogens is 2. The molecule has 2 atom stereocenters. The van der Waals surface area contributed by atoms with E-state index in [0.29, 0.717) is 24.2 Å². The first-order chi connectivity index (χ1) is 9.51. The zero-order chi connectivity index (χ0) is 15.1. The minimum atomic E-state index is -0.745. The van der Waals surface area contributed by atoms with Crippen LogP contribution in [0.15, 0.2) is 12.1 Å². The van der Waals surface area contributed by atoms with E-state index < -0.39 is 11.6 Å². The average Bonchev–Trinajstić information content (AvgIpc) is 2.41. The van der Waals surface area contributed by atoms with Gasteiger partial charge in [0.1, 0.15) is 0 Å². The Bertz CT molecular complexity index is 423. The van der Waals surface area contributed by atoms with Crippen LogP contribution in [0.25, 0.3) is 0 Å². The lowest BCUT2D eigenvalue weighted by Crippen LogP contribution is -2.26. The number of ether oxygens (including phenoxy) is 1. The summed E-state index contributed by atoms with van der Waals surface area (Å²) in [7, 11) is 1.65. The fraction of sp³-hybridized carbons (Fsp3) is 0.625. The van der Waals surface area contributed by atoms with E-state index >= 15 is 0 Å². The van der Waals surface area contributed by atoms with E-state index in [4.69, 9.17) is 4.74 Å². The topological polar surface area (TPSA) is 21.3 Å². The number of rotatable bonds is 8. The first-order valence-electron chi connectivity index (χ1n) is 7.18. The maximum absolute atomic E-state index is 14.1. The lowest BCUT2D eigenvalue weighted by Gasteiger charge is -2.23. The summed E-state index contributed by atoms with van der Waals surface area (Å²) in [6.45, 7) is 7.06. The highest BCUT2D eigenvalue weighted by atomic mass is 19.2. The number of methoxy groups -OCH3 is 1. The van der Waals surface area contributed by atoms with Gasteiger partial charge >= 0.3 is 0 Å². The monoisotopic (exact) mass is 285 g/mol. The standard InChI is InChI=1S/C16H25F2NO/c1-5-8-19-14(9-11(2)10-20-4)13-7-6-12(3)15(17)16(13)18/h6-7,11,14,19H,5,8-10H2,1-4H3. The van der Waals surface area contributed by atoms with Crippen molar-refractivity contribution in [1.82, 2.24) is 5.32 Å². The van der Waals surface area contributed by atoms with Gasteiger partial charge < -0.3 is 10.1 Å². The lowest BCUT2D eigenvalue weighted by molar-refractivity contribution is 0.149. The fourth-order valence-corrected chi connectivity index (χ4v) is 2.32. The highest BCUT2D eigenvalue weighted by Crippen LogP contribution is 2.26. The highest BCUT2D eigenvalue weighted by Gasteiger charge is 2.21. The molecule has 0 radical (unpaired) electrons. The normalized spacial score (nSPS) is 14.3. The summed E-state index contributed by atoms with van der Waals surface area (Å²) in [5.41, 5.74) is 0.745. The van der Waals surface area contributed by atoms with E-state index in [9.17, 15) is 8.78 Å². The van der Waals surface area contributed by atoms with Crippen LogP contribution in [-0.2, 0) is 4.74 Å². The van der Waals surface area contributed by atoms with E-state index in [-0.39, 0.29) is 12.0 Å². The van der Waals surface area contributed by atoms with E-state index in [2.05, 4.69) is 12.2 Å². The Morgan fingerprint density at radius 1 is 1.25 bits per heavy atom. The molecule has 0 bridgehead atoms. The zero-order valence-electron chi connectivity index (χ0n) is 12.8. The Morgan fingerprint density at radius 3 is 2.55 bits per heavy atom. The van der Waals surface area contributed by atoms with Crippen molar-refractivity contribution in [3.63, 3.8) is 0 Å². The molecule has 1 aromatic rings.